The van der Waals surface area contributed by atoms with Crippen LogP contribution in [0, 0.1) is 6.92 Å². The average Bonchev–Trinajstić information content (AvgIpc) is 2.11. The van der Waals surface area contributed by atoms with E-state index in [9.17, 15) is 9.59 Å². The van der Waals surface area contributed by atoms with Crippen LogP contribution in [0.4, 0.5) is 0 Å². The molecular formula is C9H15N3O2. The van der Waals surface area contributed by atoms with Gasteiger partial charge in [-0.25, -0.2) is 4.79 Å². The quantitative estimate of drug-likeness (QED) is 0.645. The van der Waals surface area contributed by atoms with E-state index in [1.54, 1.807) is 6.92 Å². The van der Waals surface area contributed by atoms with Crippen molar-refractivity contribution in [2.24, 2.45) is 5.73 Å². The molecule has 0 amide bonds. The van der Waals surface area contributed by atoms with Gasteiger partial charge in [-0.15, -0.1) is 0 Å². The van der Waals surface area contributed by atoms with Crippen molar-refractivity contribution < 1.29 is 0 Å². The van der Waals surface area contributed by atoms with E-state index < -0.39 is 5.69 Å². The smallest absolute Gasteiger partial charge is 0.323 e. The fourth-order valence-electron chi connectivity index (χ4n) is 1.39. The highest BCUT2D eigenvalue weighted by Gasteiger charge is 2.11. The highest BCUT2D eigenvalue weighted by Crippen LogP contribution is 2.12. The molecule has 0 fully saturated rings. The molecule has 0 aromatic carbocycles. The second-order valence-electron chi connectivity index (χ2n) is 3.34. The van der Waals surface area contributed by atoms with Crippen LogP contribution in [0.15, 0.2) is 9.59 Å². The molecule has 1 aromatic heterocycles. The van der Waals surface area contributed by atoms with E-state index in [1.165, 1.54) is 0 Å². The predicted octanol–water partition coefficient (Wildman–Crippen LogP) is 0.172. The SMILES string of the molecule is CCCC(N)c1[nH]c(=O)[nH]c(=O)c1C. The van der Waals surface area contributed by atoms with Gasteiger partial charge in [-0.1, -0.05) is 13.3 Å². The van der Waals surface area contributed by atoms with Gasteiger partial charge in [0.2, 0.25) is 0 Å². The zero-order valence-electron chi connectivity index (χ0n) is 8.39. The normalized spacial score (nSPS) is 12.8. The molecule has 0 saturated carbocycles. The Morgan fingerprint density at radius 3 is 2.57 bits per heavy atom. The van der Waals surface area contributed by atoms with Gasteiger partial charge in [0, 0.05) is 17.3 Å². The first-order valence-corrected chi connectivity index (χ1v) is 4.65. The van der Waals surface area contributed by atoms with Gasteiger partial charge in [0.15, 0.2) is 0 Å². The topological polar surface area (TPSA) is 91.7 Å². The Morgan fingerprint density at radius 2 is 2.00 bits per heavy atom. The molecule has 0 saturated heterocycles. The molecule has 0 radical (unpaired) electrons. The lowest BCUT2D eigenvalue weighted by molar-refractivity contribution is 0.610. The van der Waals surface area contributed by atoms with Crippen molar-refractivity contribution in [3.63, 3.8) is 0 Å². The second kappa shape index (κ2) is 4.23. The molecule has 0 aliphatic carbocycles. The summed E-state index contributed by atoms with van der Waals surface area (Å²) in [5.41, 5.74) is 5.99. The third-order valence-corrected chi connectivity index (χ3v) is 2.19. The average molecular weight is 197 g/mol. The van der Waals surface area contributed by atoms with E-state index >= 15 is 0 Å². The predicted molar refractivity (Wildman–Crippen MR) is 54.3 cm³/mol. The Labute approximate surface area is 81.4 Å². The third-order valence-electron chi connectivity index (χ3n) is 2.19. The van der Waals surface area contributed by atoms with E-state index in [1.807, 2.05) is 6.92 Å². The highest BCUT2D eigenvalue weighted by atomic mass is 16.2. The Balaban J connectivity index is 3.20. The van der Waals surface area contributed by atoms with Crippen molar-refractivity contribution in [1.82, 2.24) is 9.97 Å². The monoisotopic (exact) mass is 197 g/mol. The maximum Gasteiger partial charge on any atom is 0.325 e. The number of nitrogens with one attached hydrogen (secondary N) is 2. The van der Waals surface area contributed by atoms with Gasteiger partial charge < -0.3 is 10.7 Å². The molecule has 4 N–H and O–H groups in total. The zero-order valence-corrected chi connectivity index (χ0v) is 8.39. The minimum Gasteiger partial charge on any atom is -0.323 e. The zero-order chi connectivity index (χ0) is 10.7. The molecule has 1 rings (SSSR count). The van der Waals surface area contributed by atoms with Gasteiger partial charge in [0.05, 0.1) is 0 Å². The fraction of sp³-hybridized carbons (Fsp3) is 0.556. The van der Waals surface area contributed by atoms with Gasteiger partial charge in [0.25, 0.3) is 5.56 Å². The molecule has 1 atom stereocenters. The lowest BCUT2D eigenvalue weighted by atomic mass is 10.1. The summed E-state index contributed by atoms with van der Waals surface area (Å²) in [5.74, 6) is 0. The van der Waals surface area contributed by atoms with Crippen LogP contribution in [-0.4, -0.2) is 9.97 Å². The molecule has 0 aliphatic rings. The summed E-state index contributed by atoms with van der Waals surface area (Å²) in [6.07, 6.45) is 1.66. The van der Waals surface area contributed by atoms with Crippen LogP contribution < -0.4 is 17.0 Å². The fourth-order valence-corrected chi connectivity index (χ4v) is 1.39. The molecule has 1 aromatic rings. The molecule has 0 aliphatic heterocycles. The largest absolute Gasteiger partial charge is 0.325 e. The Hall–Kier alpha value is -1.36. The number of H-pyrrole nitrogens is 2. The molecule has 78 valence electrons. The number of rotatable bonds is 3. The summed E-state index contributed by atoms with van der Waals surface area (Å²) in [6.45, 7) is 3.65. The van der Waals surface area contributed by atoms with E-state index in [4.69, 9.17) is 5.73 Å². The van der Waals surface area contributed by atoms with Gasteiger partial charge >= 0.3 is 5.69 Å². The molecule has 0 bridgehead atoms. The molecule has 0 spiro atoms. The van der Waals surface area contributed by atoms with Crippen molar-refractivity contribution in [3.05, 3.63) is 32.1 Å². The Bertz CT molecular complexity index is 419. The van der Waals surface area contributed by atoms with Crippen LogP contribution in [0.5, 0.6) is 0 Å². The number of nitrogens with two attached hydrogens (primary N) is 1. The van der Waals surface area contributed by atoms with Crippen molar-refractivity contribution in [1.29, 1.82) is 0 Å². The molecular weight excluding hydrogens is 182 g/mol. The van der Waals surface area contributed by atoms with E-state index in [0.29, 0.717) is 11.3 Å². The second-order valence-corrected chi connectivity index (χ2v) is 3.34. The van der Waals surface area contributed by atoms with Gasteiger partial charge in [-0.3, -0.25) is 9.78 Å². The first-order chi connectivity index (χ1) is 6.56. The van der Waals surface area contributed by atoms with Crippen LogP contribution in [0.3, 0.4) is 0 Å². The number of hydrogen-bond acceptors (Lipinski definition) is 3. The van der Waals surface area contributed by atoms with Crippen LogP contribution >= 0.6 is 0 Å². The summed E-state index contributed by atoms with van der Waals surface area (Å²) >= 11 is 0. The highest BCUT2D eigenvalue weighted by molar-refractivity contribution is 5.17. The molecule has 14 heavy (non-hydrogen) atoms. The standard InChI is InChI=1S/C9H15N3O2/c1-3-4-6(10)7-5(2)8(13)12-9(14)11-7/h6H,3-4,10H2,1-2H3,(H2,11,12,13,14). The van der Waals surface area contributed by atoms with Crippen LogP contribution in [0.2, 0.25) is 0 Å². The van der Waals surface area contributed by atoms with Crippen molar-refractivity contribution >= 4 is 0 Å². The molecule has 5 nitrogen and oxygen atoms in total. The summed E-state index contributed by atoms with van der Waals surface area (Å²) in [6, 6.07) is -0.269. The van der Waals surface area contributed by atoms with Crippen LogP contribution in [0.1, 0.15) is 37.1 Å². The molecule has 1 heterocycles. The van der Waals surface area contributed by atoms with Gasteiger partial charge in [0.1, 0.15) is 0 Å². The minimum absolute atomic E-state index is 0.269. The molecule has 1 unspecified atom stereocenters. The summed E-state index contributed by atoms with van der Waals surface area (Å²) in [7, 11) is 0. The summed E-state index contributed by atoms with van der Waals surface area (Å²) < 4.78 is 0. The van der Waals surface area contributed by atoms with Crippen molar-refractivity contribution in [3.8, 4) is 0 Å². The Kier molecular flexibility index (Phi) is 3.24. The Morgan fingerprint density at radius 1 is 1.36 bits per heavy atom. The van der Waals surface area contributed by atoms with Gasteiger partial charge in [-0.2, -0.15) is 0 Å². The van der Waals surface area contributed by atoms with E-state index in [-0.39, 0.29) is 11.6 Å². The van der Waals surface area contributed by atoms with Crippen LogP contribution in [0.25, 0.3) is 0 Å². The first-order valence-electron chi connectivity index (χ1n) is 4.65. The van der Waals surface area contributed by atoms with Crippen molar-refractivity contribution in [2.75, 3.05) is 0 Å². The lowest BCUT2D eigenvalue weighted by Crippen LogP contribution is -2.29. The third kappa shape index (κ3) is 2.11. The lowest BCUT2D eigenvalue weighted by Gasteiger charge is -2.11. The van der Waals surface area contributed by atoms with Crippen molar-refractivity contribution in [2.45, 2.75) is 32.7 Å². The number of aromatic nitrogens is 2. The molecule has 5 heteroatoms. The number of hydrogen-bond donors (Lipinski definition) is 3. The maximum absolute atomic E-state index is 11.2. The van der Waals surface area contributed by atoms with Gasteiger partial charge in [-0.05, 0) is 13.3 Å². The number of aromatic amines is 2. The van der Waals surface area contributed by atoms with E-state index in [0.717, 1.165) is 12.8 Å². The first kappa shape index (κ1) is 10.7. The summed E-state index contributed by atoms with van der Waals surface area (Å²) in [4.78, 5) is 27.0. The maximum atomic E-state index is 11.2. The summed E-state index contributed by atoms with van der Waals surface area (Å²) in [5, 5.41) is 0. The van der Waals surface area contributed by atoms with Crippen LogP contribution in [-0.2, 0) is 0 Å². The van der Waals surface area contributed by atoms with E-state index in [2.05, 4.69) is 9.97 Å². The minimum atomic E-state index is -0.498.